The van der Waals surface area contributed by atoms with Gasteiger partial charge in [-0.05, 0) is 31.0 Å². The van der Waals surface area contributed by atoms with Gasteiger partial charge in [0.2, 0.25) is 5.89 Å². The van der Waals surface area contributed by atoms with Crippen LogP contribution in [0.15, 0.2) is 22.6 Å². The Morgan fingerprint density at radius 3 is 2.95 bits per heavy atom. The topological polar surface area (TPSA) is 72.2 Å². The molecule has 0 aliphatic heterocycles. The molecule has 1 aromatic heterocycles. The van der Waals surface area contributed by atoms with Gasteiger partial charge in [-0.1, -0.05) is 16.7 Å². The number of halogens is 1. The molecule has 0 bridgehead atoms. The number of aromatic nitrogens is 2. The summed E-state index contributed by atoms with van der Waals surface area (Å²) in [6, 6.07) is 6.30. The Balaban J connectivity index is 1.63. The van der Waals surface area contributed by atoms with E-state index < -0.39 is 0 Å². The van der Waals surface area contributed by atoms with Gasteiger partial charge in [0.05, 0.1) is 18.7 Å². The molecule has 2 aromatic rings. The molecule has 1 fully saturated rings. The Hall–Kier alpha value is -1.79. The average molecular weight is 295 g/mol. The maximum atomic E-state index is 6.05. The van der Waals surface area contributed by atoms with Crippen molar-refractivity contribution in [2.75, 3.05) is 12.4 Å². The van der Waals surface area contributed by atoms with Crippen LogP contribution >= 0.6 is 11.6 Å². The molecule has 0 unspecified atom stereocenters. The molecule has 0 amide bonds. The minimum Gasteiger partial charge on any atom is -0.495 e. The van der Waals surface area contributed by atoms with Gasteiger partial charge in [0.1, 0.15) is 5.75 Å². The second-order valence-corrected chi connectivity index (χ2v) is 5.04. The molecule has 6 nitrogen and oxygen atoms in total. The number of benzene rings is 1. The van der Waals surface area contributed by atoms with Crippen LogP contribution < -0.4 is 15.4 Å². The zero-order valence-electron chi connectivity index (χ0n) is 11.0. The van der Waals surface area contributed by atoms with E-state index in [1.54, 1.807) is 19.2 Å². The van der Waals surface area contributed by atoms with E-state index in [1.807, 2.05) is 6.07 Å². The minimum atomic E-state index is 0.346. The molecule has 0 atom stereocenters. The molecule has 1 aromatic carbocycles. The van der Waals surface area contributed by atoms with E-state index in [9.17, 15) is 0 Å². The first-order valence-electron chi connectivity index (χ1n) is 6.41. The van der Waals surface area contributed by atoms with Crippen LogP contribution in [0.4, 0.5) is 11.7 Å². The lowest BCUT2D eigenvalue weighted by atomic mass is 10.3. The first-order valence-corrected chi connectivity index (χ1v) is 6.79. The van der Waals surface area contributed by atoms with E-state index in [4.69, 9.17) is 20.8 Å². The summed E-state index contributed by atoms with van der Waals surface area (Å²) in [5.74, 6) is 1.19. The van der Waals surface area contributed by atoms with Crippen LogP contribution in [0.25, 0.3) is 0 Å². The fraction of sp³-hybridized carbons (Fsp3) is 0.385. The first-order chi connectivity index (χ1) is 9.74. The predicted molar refractivity (Wildman–Crippen MR) is 75.4 cm³/mol. The molecular formula is C13H15ClN4O2. The van der Waals surface area contributed by atoms with E-state index in [2.05, 4.69) is 20.8 Å². The molecule has 1 heterocycles. The van der Waals surface area contributed by atoms with Crippen LogP contribution in [-0.2, 0) is 6.54 Å². The van der Waals surface area contributed by atoms with Crippen molar-refractivity contribution >= 4 is 23.3 Å². The summed E-state index contributed by atoms with van der Waals surface area (Å²) in [5, 5.41) is 14.8. The summed E-state index contributed by atoms with van der Waals surface area (Å²) < 4.78 is 10.6. The van der Waals surface area contributed by atoms with E-state index in [0.29, 0.717) is 35.3 Å². The number of ether oxygens (including phenoxy) is 1. The Labute approximate surface area is 121 Å². The van der Waals surface area contributed by atoms with Crippen LogP contribution in [0.1, 0.15) is 18.7 Å². The molecular weight excluding hydrogens is 280 g/mol. The van der Waals surface area contributed by atoms with E-state index >= 15 is 0 Å². The Kier molecular flexibility index (Phi) is 3.75. The van der Waals surface area contributed by atoms with Crippen molar-refractivity contribution in [2.45, 2.75) is 25.4 Å². The summed E-state index contributed by atoms with van der Waals surface area (Å²) in [5.41, 5.74) is 0.765. The monoisotopic (exact) mass is 294 g/mol. The van der Waals surface area contributed by atoms with Crippen LogP contribution in [0.5, 0.6) is 5.75 Å². The molecule has 1 aliphatic rings. The van der Waals surface area contributed by atoms with Crippen LogP contribution in [-0.4, -0.2) is 23.3 Å². The second-order valence-electron chi connectivity index (χ2n) is 4.63. The minimum absolute atomic E-state index is 0.346. The highest BCUT2D eigenvalue weighted by Crippen LogP contribution is 2.28. The predicted octanol–water partition coefficient (Wildman–Crippen LogP) is 2.73. The maximum absolute atomic E-state index is 6.05. The largest absolute Gasteiger partial charge is 0.495 e. The van der Waals surface area contributed by atoms with Gasteiger partial charge in [-0.15, -0.1) is 5.10 Å². The zero-order valence-corrected chi connectivity index (χ0v) is 11.8. The standard InChI is InChI=1S/C13H15ClN4O2/c1-19-11-5-4-9(6-10(11)14)16-13-18-17-12(20-13)7-15-8-2-3-8/h4-6,8,15H,2-3,7H2,1H3,(H,16,18). The van der Waals surface area contributed by atoms with Gasteiger partial charge in [0, 0.05) is 11.7 Å². The van der Waals surface area contributed by atoms with Crippen molar-refractivity contribution in [1.29, 1.82) is 0 Å². The highest BCUT2D eigenvalue weighted by Gasteiger charge is 2.21. The number of anilines is 2. The van der Waals surface area contributed by atoms with Gasteiger partial charge in [0.15, 0.2) is 0 Å². The third-order valence-electron chi connectivity index (χ3n) is 2.99. The molecule has 7 heteroatoms. The second kappa shape index (κ2) is 5.68. The quantitative estimate of drug-likeness (QED) is 0.853. The third-order valence-corrected chi connectivity index (χ3v) is 3.28. The number of rotatable bonds is 6. The fourth-order valence-corrected chi connectivity index (χ4v) is 2.02. The third kappa shape index (κ3) is 3.20. The summed E-state index contributed by atoms with van der Waals surface area (Å²) in [6.45, 7) is 0.600. The summed E-state index contributed by atoms with van der Waals surface area (Å²) in [4.78, 5) is 0. The molecule has 0 spiro atoms. The Morgan fingerprint density at radius 2 is 2.25 bits per heavy atom. The average Bonchev–Trinajstić information content (AvgIpc) is 3.17. The Bertz CT molecular complexity index is 598. The molecule has 0 saturated heterocycles. The van der Waals surface area contributed by atoms with E-state index in [-0.39, 0.29) is 0 Å². The van der Waals surface area contributed by atoms with Crippen molar-refractivity contribution in [3.05, 3.63) is 29.1 Å². The van der Waals surface area contributed by atoms with Gasteiger partial charge >= 0.3 is 6.01 Å². The molecule has 1 saturated carbocycles. The van der Waals surface area contributed by atoms with Gasteiger partial charge in [-0.3, -0.25) is 0 Å². The van der Waals surface area contributed by atoms with E-state index in [1.165, 1.54) is 12.8 Å². The number of nitrogens with one attached hydrogen (secondary N) is 2. The summed E-state index contributed by atoms with van der Waals surface area (Å²) >= 11 is 6.05. The van der Waals surface area contributed by atoms with Crippen molar-refractivity contribution in [2.24, 2.45) is 0 Å². The lowest BCUT2D eigenvalue weighted by Crippen LogP contribution is -2.15. The van der Waals surface area contributed by atoms with Gasteiger partial charge in [-0.25, -0.2) is 0 Å². The SMILES string of the molecule is COc1ccc(Nc2nnc(CNC3CC3)o2)cc1Cl. The molecule has 1 aliphatic carbocycles. The number of nitrogens with zero attached hydrogens (tertiary/aromatic N) is 2. The van der Waals surface area contributed by atoms with Crippen molar-refractivity contribution in [3.63, 3.8) is 0 Å². The van der Waals surface area contributed by atoms with E-state index in [0.717, 1.165) is 5.69 Å². The number of methoxy groups -OCH3 is 1. The van der Waals surface area contributed by atoms with Crippen molar-refractivity contribution in [3.8, 4) is 5.75 Å². The van der Waals surface area contributed by atoms with Crippen molar-refractivity contribution < 1.29 is 9.15 Å². The van der Waals surface area contributed by atoms with Crippen LogP contribution in [0.2, 0.25) is 5.02 Å². The fourth-order valence-electron chi connectivity index (χ4n) is 1.76. The lowest BCUT2D eigenvalue weighted by Gasteiger charge is -2.05. The highest BCUT2D eigenvalue weighted by molar-refractivity contribution is 6.32. The normalized spacial score (nSPS) is 14.3. The number of hydrogen-bond donors (Lipinski definition) is 2. The van der Waals surface area contributed by atoms with Crippen LogP contribution in [0, 0.1) is 0 Å². The van der Waals surface area contributed by atoms with Gasteiger partial charge < -0.3 is 19.8 Å². The smallest absolute Gasteiger partial charge is 0.320 e. The number of hydrogen-bond acceptors (Lipinski definition) is 6. The maximum Gasteiger partial charge on any atom is 0.320 e. The summed E-state index contributed by atoms with van der Waals surface area (Å²) in [6.07, 6.45) is 2.45. The zero-order chi connectivity index (χ0) is 13.9. The molecule has 20 heavy (non-hydrogen) atoms. The van der Waals surface area contributed by atoms with Crippen LogP contribution in [0.3, 0.4) is 0 Å². The first kappa shape index (κ1) is 13.2. The molecule has 2 N–H and O–H groups in total. The Morgan fingerprint density at radius 1 is 1.40 bits per heavy atom. The highest BCUT2D eigenvalue weighted by atomic mass is 35.5. The lowest BCUT2D eigenvalue weighted by molar-refractivity contribution is 0.415. The molecule has 106 valence electrons. The van der Waals surface area contributed by atoms with Gasteiger partial charge in [0.25, 0.3) is 0 Å². The molecule has 0 radical (unpaired) electrons. The van der Waals surface area contributed by atoms with Gasteiger partial charge in [-0.2, -0.15) is 0 Å². The molecule has 3 rings (SSSR count). The summed E-state index contributed by atoms with van der Waals surface area (Å²) in [7, 11) is 1.57. The van der Waals surface area contributed by atoms with Crippen molar-refractivity contribution in [1.82, 2.24) is 15.5 Å².